The average Bonchev–Trinajstić information content (AvgIpc) is 2.57. The minimum atomic E-state index is 0.447. The van der Waals surface area contributed by atoms with Gasteiger partial charge in [-0.2, -0.15) is 0 Å². The number of anilines is 1. The van der Waals surface area contributed by atoms with E-state index in [9.17, 15) is 5.11 Å². The Morgan fingerprint density at radius 3 is 3.20 bits per heavy atom. The fourth-order valence-corrected chi connectivity index (χ4v) is 2.85. The van der Waals surface area contributed by atoms with E-state index in [2.05, 4.69) is 23.3 Å². The lowest BCUT2D eigenvalue weighted by atomic mass is 9.89. The van der Waals surface area contributed by atoms with Crippen LogP contribution in [0.1, 0.15) is 17.9 Å². The third-order valence-corrected chi connectivity index (χ3v) is 3.61. The van der Waals surface area contributed by atoms with Crippen LogP contribution in [0.15, 0.2) is 18.2 Å². The summed E-state index contributed by atoms with van der Waals surface area (Å²) in [5.74, 6) is 0.905. The fraction of sp³-hybridized carbons (Fsp3) is 0.500. The Balaban J connectivity index is 2.02. The summed E-state index contributed by atoms with van der Waals surface area (Å²) >= 11 is 0. The molecule has 2 unspecified atom stereocenters. The molecule has 0 saturated carbocycles. The van der Waals surface area contributed by atoms with Crippen molar-refractivity contribution in [3.63, 3.8) is 0 Å². The maximum Gasteiger partial charge on any atom is 0.121 e. The van der Waals surface area contributed by atoms with Crippen molar-refractivity contribution in [1.29, 1.82) is 0 Å². The highest BCUT2D eigenvalue weighted by Crippen LogP contribution is 2.44. The van der Waals surface area contributed by atoms with E-state index in [1.807, 2.05) is 6.07 Å². The van der Waals surface area contributed by atoms with Crippen LogP contribution in [0, 0.1) is 0 Å². The summed E-state index contributed by atoms with van der Waals surface area (Å²) in [6.07, 6.45) is 1.16. The summed E-state index contributed by atoms with van der Waals surface area (Å²) in [5.41, 5.74) is 2.24. The second-order valence-corrected chi connectivity index (χ2v) is 4.65. The van der Waals surface area contributed by atoms with E-state index in [0.29, 0.717) is 17.7 Å². The number of nitrogens with one attached hydrogen (secondary N) is 1. The van der Waals surface area contributed by atoms with Gasteiger partial charge >= 0.3 is 0 Å². The highest BCUT2D eigenvalue weighted by Gasteiger charge is 2.37. The normalized spacial score (nSPS) is 29.4. The predicted molar refractivity (Wildman–Crippen MR) is 60.4 cm³/mol. The Labute approximate surface area is 89.7 Å². The number of hydrogen-bond acceptors (Lipinski definition) is 3. The number of benzene rings is 1. The smallest absolute Gasteiger partial charge is 0.121 e. The van der Waals surface area contributed by atoms with Gasteiger partial charge in [0, 0.05) is 29.8 Å². The average molecular weight is 204 g/mol. The molecule has 2 atom stereocenters. The third kappa shape index (κ3) is 1.30. The number of likely N-dealkylation sites (N-methyl/N-ethyl adjacent to an activating group) is 1. The molecule has 1 aromatic carbocycles. The lowest BCUT2D eigenvalue weighted by molar-refractivity contribution is 0.241. The molecule has 0 radical (unpaired) electrons. The minimum Gasteiger partial charge on any atom is -0.508 e. The van der Waals surface area contributed by atoms with Gasteiger partial charge in [0.2, 0.25) is 0 Å². The van der Waals surface area contributed by atoms with Crippen LogP contribution in [0.2, 0.25) is 0 Å². The molecule has 2 aliphatic rings. The van der Waals surface area contributed by atoms with Gasteiger partial charge < -0.3 is 15.3 Å². The zero-order valence-corrected chi connectivity index (χ0v) is 8.90. The molecule has 3 rings (SSSR count). The molecule has 1 saturated heterocycles. The van der Waals surface area contributed by atoms with Crippen LogP contribution in [0.3, 0.4) is 0 Å². The number of phenols is 1. The molecule has 1 fully saturated rings. The van der Waals surface area contributed by atoms with Gasteiger partial charge in [0.05, 0.1) is 0 Å². The number of nitrogens with zero attached hydrogens (tertiary/aromatic N) is 1. The monoisotopic (exact) mass is 204 g/mol. The Bertz CT molecular complexity index is 391. The first-order valence-electron chi connectivity index (χ1n) is 5.52. The van der Waals surface area contributed by atoms with Crippen molar-refractivity contribution in [2.24, 2.45) is 0 Å². The maximum absolute atomic E-state index is 9.90. The maximum atomic E-state index is 9.90. The van der Waals surface area contributed by atoms with Gasteiger partial charge in [-0.25, -0.2) is 0 Å². The first-order valence-corrected chi connectivity index (χ1v) is 5.52. The van der Waals surface area contributed by atoms with E-state index in [1.165, 1.54) is 0 Å². The standard InChI is InChI=1S/C12H16N2O/c1-14-6-5-9-8(7-14)12-10(13-9)3-2-4-11(12)15/h2-4,8-9,13,15H,5-7H2,1H3. The van der Waals surface area contributed by atoms with E-state index in [4.69, 9.17) is 0 Å². The lowest BCUT2D eigenvalue weighted by Crippen LogP contribution is -2.39. The van der Waals surface area contributed by atoms with Crippen molar-refractivity contribution in [2.45, 2.75) is 18.4 Å². The van der Waals surface area contributed by atoms with Crippen LogP contribution in [0.25, 0.3) is 0 Å². The van der Waals surface area contributed by atoms with E-state index < -0.39 is 0 Å². The molecule has 0 bridgehead atoms. The summed E-state index contributed by atoms with van der Waals surface area (Å²) in [6.45, 7) is 2.19. The molecule has 2 heterocycles. The van der Waals surface area contributed by atoms with Gasteiger partial charge in [-0.3, -0.25) is 0 Å². The molecule has 0 aliphatic carbocycles. The predicted octanol–water partition coefficient (Wildman–Crippen LogP) is 1.61. The van der Waals surface area contributed by atoms with E-state index in [1.54, 1.807) is 6.07 Å². The van der Waals surface area contributed by atoms with Crippen molar-refractivity contribution in [3.8, 4) is 5.75 Å². The number of likely N-dealkylation sites (tertiary alicyclic amines) is 1. The molecule has 15 heavy (non-hydrogen) atoms. The van der Waals surface area contributed by atoms with E-state index in [0.717, 1.165) is 30.8 Å². The van der Waals surface area contributed by atoms with E-state index >= 15 is 0 Å². The molecule has 2 aliphatic heterocycles. The van der Waals surface area contributed by atoms with Gasteiger partial charge in [-0.05, 0) is 32.1 Å². The van der Waals surface area contributed by atoms with Gasteiger partial charge in [0.1, 0.15) is 5.75 Å². The number of rotatable bonds is 0. The SMILES string of the molecule is CN1CCC2Nc3cccc(O)c3C2C1. The summed E-state index contributed by atoms with van der Waals surface area (Å²) in [4.78, 5) is 2.34. The van der Waals surface area contributed by atoms with Crippen molar-refractivity contribution < 1.29 is 5.11 Å². The van der Waals surface area contributed by atoms with Gasteiger partial charge in [-0.1, -0.05) is 6.07 Å². The third-order valence-electron chi connectivity index (χ3n) is 3.61. The number of hydrogen-bond donors (Lipinski definition) is 2. The lowest BCUT2D eigenvalue weighted by Gasteiger charge is -2.32. The zero-order chi connectivity index (χ0) is 10.4. The fourth-order valence-electron chi connectivity index (χ4n) is 2.85. The van der Waals surface area contributed by atoms with Gasteiger partial charge in [-0.15, -0.1) is 0 Å². The number of phenolic OH excluding ortho intramolecular Hbond substituents is 1. The van der Waals surface area contributed by atoms with Crippen LogP contribution in [0.4, 0.5) is 5.69 Å². The minimum absolute atomic E-state index is 0.447. The molecule has 0 aromatic heterocycles. The van der Waals surface area contributed by atoms with Crippen LogP contribution in [0.5, 0.6) is 5.75 Å². The Morgan fingerprint density at radius 2 is 2.33 bits per heavy atom. The summed E-state index contributed by atoms with van der Waals surface area (Å²) in [5, 5.41) is 13.4. The second-order valence-electron chi connectivity index (χ2n) is 4.65. The van der Waals surface area contributed by atoms with Crippen molar-refractivity contribution in [2.75, 3.05) is 25.5 Å². The topological polar surface area (TPSA) is 35.5 Å². The number of fused-ring (bicyclic) bond motifs is 3. The van der Waals surface area contributed by atoms with E-state index in [-0.39, 0.29) is 0 Å². The highest BCUT2D eigenvalue weighted by molar-refractivity contribution is 5.64. The second kappa shape index (κ2) is 3.14. The molecule has 2 N–H and O–H groups in total. The molecule has 3 heteroatoms. The number of aromatic hydroxyl groups is 1. The molecule has 0 amide bonds. The Hall–Kier alpha value is -1.22. The van der Waals surface area contributed by atoms with Gasteiger partial charge in [0.15, 0.2) is 0 Å². The van der Waals surface area contributed by atoms with Crippen LogP contribution < -0.4 is 5.32 Å². The van der Waals surface area contributed by atoms with Crippen LogP contribution in [-0.2, 0) is 0 Å². The molecular formula is C12H16N2O. The van der Waals surface area contributed by atoms with Crippen molar-refractivity contribution in [1.82, 2.24) is 4.90 Å². The molecule has 80 valence electrons. The molecule has 0 spiro atoms. The Morgan fingerprint density at radius 1 is 1.47 bits per heavy atom. The quantitative estimate of drug-likeness (QED) is 0.674. The van der Waals surface area contributed by atoms with Crippen molar-refractivity contribution >= 4 is 5.69 Å². The van der Waals surface area contributed by atoms with Crippen LogP contribution in [-0.4, -0.2) is 36.2 Å². The zero-order valence-electron chi connectivity index (χ0n) is 8.90. The summed E-state index contributed by atoms with van der Waals surface area (Å²) < 4.78 is 0. The molecule has 3 nitrogen and oxygen atoms in total. The first-order chi connectivity index (χ1) is 7.25. The summed E-state index contributed by atoms with van der Waals surface area (Å²) in [7, 11) is 2.15. The highest BCUT2D eigenvalue weighted by atomic mass is 16.3. The van der Waals surface area contributed by atoms with Crippen molar-refractivity contribution in [3.05, 3.63) is 23.8 Å². The van der Waals surface area contributed by atoms with Crippen LogP contribution >= 0.6 is 0 Å². The molecular weight excluding hydrogens is 188 g/mol. The largest absolute Gasteiger partial charge is 0.508 e. The Kier molecular flexibility index (Phi) is 1.89. The molecule has 1 aromatic rings. The number of piperidine rings is 1. The first kappa shape index (κ1) is 9.04. The summed E-state index contributed by atoms with van der Waals surface area (Å²) in [6, 6.07) is 6.28. The van der Waals surface area contributed by atoms with Gasteiger partial charge in [0.25, 0.3) is 0 Å².